The van der Waals surface area contributed by atoms with E-state index in [0.717, 1.165) is 12.1 Å². The van der Waals surface area contributed by atoms with Crippen molar-refractivity contribution in [3.8, 4) is 0 Å². The van der Waals surface area contributed by atoms with E-state index in [-0.39, 0.29) is 24.4 Å². The van der Waals surface area contributed by atoms with Crippen LogP contribution in [0.5, 0.6) is 0 Å². The highest BCUT2D eigenvalue weighted by Gasteiger charge is 2.32. The number of halogens is 3. The van der Waals surface area contributed by atoms with Gasteiger partial charge in [-0.15, -0.1) is 0 Å². The summed E-state index contributed by atoms with van der Waals surface area (Å²) in [6.45, 7) is 3.78. The maximum absolute atomic E-state index is 13.0. The number of H-pyrrole nitrogens is 1. The summed E-state index contributed by atoms with van der Waals surface area (Å²) in [6.07, 6.45) is -3.27. The van der Waals surface area contributed by atoms with Gasteiger partial charge in [0.2, 0.25) is 5.91 Å². The topological polar surface area (TPSA) is 74.8 Å². The molecule has 0 aliphatic heterocycles. The Kier molecular flexibility index (Phi) is 6.48. The zero-order valence-corrected chi connectivity index (χ0v) is 17.3. The Bertz CT molecular complexity index is 1140. The van der Waals surface area contributed by atoms with Gasteiger partial charge in [-0.05, 0) is 30.2 Å². The molecule has 2 aromatic carbocycles. The van der Waals surface area contributed by atoms with Gasteiger partial charge in [-0.1, -0.05) is 44.2 Å². The van der Waals surface area contributed by atoms with Crippen molar-refractivity contribution in [1.29, 1.82) is 0 Å². The molecule has 0 unspecified atom stereocenters. The van der Waals surface area contributed by atoms with E-state index >= 15 is 0 Å². The van der Waals surface area contributed by atoms with Crippen molar-refractivity contribution in [2.45, 2.75) is 44.7 Å². The number of hydrogen-bond donors (Lipinski definition) is 2. The summed E-state index contributed by atoms with van der Waals surface area (Å²) in [5.74, 6) is 0.309. The number of alkyl halides is 3. The van der Waals surface area contributed by atoms with Gasteiger partial charge in [-0.25, -0.2) is 4.98 Å². The number of benzene rings is 2. The highest BCUT2D eigenvalue weighted by Crippen LogP contribution is 2.32. The summed E-state index contributed by atoms with van der Waals surface area (Å²) >= 11 is 0. The molecule has 5 nitrogen and oxygen atoms in total. The van der Waals surface area contributed by atoms with Gasteiger partial charge in [0.1, 0.15) is 5.82 Å². The van der Waals surface area contributed by atoms with Gasteiger partial charge in [0.15, 0.2) is 0 Å². The van der Waals surface area contributed by atoms with Gasteiger partial charge in [-0.2, -0.15) is 13.2 Å². The van der Waals surface area contributed by atoms with Gasteiger partial charge < -0.3 is 10.3 Å². The molecule has 2 N–H and O–H groups in total. The van der Waals surface area contributed by atoms with Crippen LogP contribution in [0.1, 0.15) is 43.6 Å². The SMILES string of the molecule is CC(C)(CNC(=O)CCCc1nc2ccccc2c(=O)[nH]1)c1cccc(C(F)(F)F)c1. The minimum absolute atomic E-state index is 0.205. The number of para-hydroxylation sites is 1. The Balaban J connectivity index is 1.54. The van der Waals surface area contributed by atoms with E-state index in [1.807, 2.05) is 0 Å². The van der Waals surface area contributed by atoms with Crippen molar-refractivity contribution in [2.75, 3.05) is 6.54 Å². The second kappa shape index (κ2) is 8.91. The molecule has 0 aliphatic rings. The predicted molar refractivity (Wildman–Crippen MR) is 113 cm³/mol. The number of carbonyl (C=O) groups is 1. The van der Waals surface area contributed by atoms with Crippen LogP contribution in [0.4, 0.5) is 13.2 Å². The number of rotatable bonds is 7. The Morgan fingerprint density at radius 1 is 1.06 bits per heavy atom. The van der Waals surface area contributed by atoms with Crippen molar-refractivity contribution in [3.63, 3.8) is 0 Å². The molecule has 0 bridgehead atoms. The maximum atomic E-state index is 13.0. The first-order valence-electron chi connectivity index (χ1n) is 9.99. The van der Waals surface area contributed by atoms with Crippen LogP contribution in [0.15, 0.2) is 53.3 Å². The second-order valence-corrected chi connectivity index (χ2v) is 8.12. The fraction of sp³-hybridized carbons (Fsp3) is 0.348. The lowest BCUT2D eigenvalue weighted by Gasteiger charge is -2.26. The molecule has 31 heavy (non-hydrogen) atoms. The molecule has 3 rings (SSSR count). The van der Waals surface area contributed by atoms with Crippen molar-refractivity contribution in [3.05, 3.63) is 75.8 Å². The second-order valence-electron chi connectivity index (χ2n) is 8.12. The molecule has 1 aromatic heterocycles. The van der Waals surface area contributed by atoms with Crippen LogP contribution < -0.4 is 10.9 Å². The van der Waals surface area contributed by atoms with E-state index < -0.39 is 17.2 Å². The molecule has 0 spiro atoms. The lowest BCUT2D eigenvalue weighted by atomic mass is 9.83. The average molecular weight is 431 g/mol. The van der Waals surface area contributed by atoms with Crippen LogP contribution in [0.3, 0.4) is 0 Å². The van der Waals surface area contributed by atoms with Crippen LogP contribution in [0, 0.1) is 0 Å². The van der Waals surface area contributed by atoms with Gasteiger partial charge >= 0.3 is 6.18 Å². The lowest BCUT2D eigenvalue weighted by molar-refractivity contribution is -0.137. The molecule has 0 fully saturated rings. The first-order chi connectivity index (χ1) is 14.6. The Labute approximate surface area is 177 Å². The monoisotopic (exact) mass is 431 g/mol. The number of carbonyl (C=O) groups excluding carboxylic acids is 1. The van der Waals surface area contributed by atoms with Crippen molar-refractivity contribution >= 4 is 16.8 Å². The van der Waals surface area contributed by atoms with E-state index in [1.165, 1.54) is 6.07 Å². The summed E-state index contributed by atoms with van der Waals surface area (Å²) in [5.41, 5.74) is -0.481. The average Bonchev–Trinajstić information content (AvgIpc) is 2.72. The van der Waals surface area contributed by atoms with Crippen LogP contribution >= 0.6 is 0 Å². The lowest BCUT2D eigenvalue weighted by Crippen LogP contribution is -2.36. The molecule has 0 saturated heterocycles. The van der Waals surface area contributed by atoms with Crippen molar-refractivity contribution in [1.82, 2.24) is 15.3 Å². The largest absolute Gasteiger partial charge is 0.416 e. The Morgan fingerprint density at radius 3 is 2.52 bits per heavy atom. The van der Waals surface area contributed by atoms with E-state index in [1.54, 1.807) is 44.2 Å². The number of fused-ring (bicyclic) bond motifs is 1. The summed E-state index contributed by atoms with van der Waals surface area (Å²) in [5, 5.41) is 3.31. The summed E-state index contributed by atoms with van der Waals surface area (Å²) in [6, 6.07) is 12.2. The summed E-state index contributed by atoms with van der Waals surface area (Å²) < 4.78 is 38.9. The molecule has 1 heterocycles. The molecule has 164 valence electrons. The zero-order chi connectivity index (χ0) is 22.6. The fourth-order valence-electron chi connectivity index (χ4n) is 3.30. The predicted octanol–water partition coefficient (Wildman–Crippen LogP) is 4.36. The number of aryl methyl sites for hydroxylation is 1. The number of nitrogens with one attached hydrogen (secondary N) is 2. The van der Waals surface area contributed by atoms with Gasteiger partial charge in [0, 0.05) is 24.8 Å². The highest BCUT2D eigenvalue weighted by atomic mass is 19.4. The number of aromatic amines is 1. The number of amides is 1. The quantitative estimate of drug-likeness (QED) is 0.584. The van der Waals surface area contributed by atoms with Gasteiger partial charge in [-0.3, -0.25) is 9.59 Å². The third-order valence-corrected chi connectivity index (χ3v) is 5.18. The van der Waals surface area contributed by atoms with Crippen molar-refractivity contribution in [2.24, 2.45) is 0 Å². The Morgan fingerprint density at radius 2 is 1.77 bits per heavy atom. The molecule has 0 aliphatic carbocycles. The molecule has 0 atom stereocenters. The van der Waals surface area contributed by atoms with Crippen LogP contribution in [0.25, 0.3) is 10.9 Å². The first kappa shape index (κ1) is 22.5. The van der Waals surface area contributed by atoms with E-state index in [2.05, 4.69) is 15.3 Å². The highest BCUT2D eigenvalue weighted by molar-refractivity contribution is 5.77. The molecule has 0 radical (unpaired) electrons. The molecular weight excluding hydrogens is 407 g/mol. The molecule has 1 amide bonds. The molecule has 3 aromatic rings. The minimum atomic E-state index is -4.41. The molecular formula is C23H24F3N3O2. The van der Waals surface area contributed by atoms with Gasteiger partial charge in [0.05, 0.1) is 16.5 Å². The van der Waals surface area contributed by atoms with E-state index in [4.69, 9.17) is 0 Å². The first-order valence-corrected chi connectivity index (χ1v) is 9.99. The Hall–Kier alpha value is -3.16. The maximum Gasteiger partial charge on any atom is 0.416 e. The zero-order valence-electron chi connectivity index (χ0n) is 17.3. The number of aromatic nitrogens is 2. The van der Waals surface area contributed by atoms with Gasteiger partial charge in [0.25, 0.3) is 5.56 Å². The normalized spacial score (nSPS) is 12.2. The third-order valence-electron chi connectivity index (χ3n) is 5.18. The molecule has 8 heteroatoms. The standard InChI is InChI=1S/C23H24F3N3O2/c1-22(2,15-7-5-8-16(13-15)23(24,25)26)14-27-20(30)12-6-11-19-28-18-10-4-3-9-17(18)21(31)29-19/h3-5,7-10,13H,6,11-12,14H2,1-2H3,(H,27,30)(H,28,29,31). The van der Waals surface area contributed by atoms with Crippen LogP contribution in [-0.4, -0.2) is 22.4 Å². The number of hydrogen-bond acceptors (Lipinski definition) is 3. The van der Waals surface area contributed by atoms with Crippen molar-refractivity contribution < 1.29 is 18.0 Å². The summed E-state index contributed by atoms with van der Waals surface area (Å²) in [4.78, 5) is 31.5. The smallest absolute Gasteiger partial charge is 0.355 e. The van der Waals surface area contributed by atoms with Crippen LogP contribution in [-0.2, 0) is 22.8 Å². The van der Waals surface area contributed by atoms with Crippen LogP contribution in [0.2, 0.25) is 0 Å². The number of nitrogens with zero attached hydrogens (tertiary/aromatic N) is 1. The molecule has 0 saturated carbocycles. The van der Waals surface area contributed by atoms with E-state index in [9.17, 15) is 22.8 Å². The minimum Gasteiger partial charge on any atom is -0.355 e. The van der Waals surface area contributed by atoms with E-state index in [0.29, 0.717) is 35.1 Å². The third kappa shape index (κ3) is 5.71. The fourth-order valence-corrected chi connectivity index (χ4v) is 3.30. The summed E-state index contributed by atoms with van der Waals surface area (Å²) in [7, 11) is 0.